The lowest BCUT2D eigenvalue weighted by atomic mass is 10.1. The van der Waals surface area contributed by atoms with E-state index in [9.17, 15) is 9.90 Å². The summed E-state index contributed by atoms with van der Waals surface area (Å²) < 4.78 is 4.57. The molecule has 2 aliphatic heterocycles. The number of hydrogen-bond donors (Lipinski definition) is 2. The SMILES string of the molecule is COC(=O)C(O)C1=C(Cl)N2NC(c3ccccc3)C=C2N=C1C. The van der Waals surface area contributed by atoms with Crippen LogP contribution >= 0.6 is 11.6 Å². The Morgan fingerprint density at radius 3 is 2.78 bits per heavy atom. The molecule has 7 heteroatoms. The lowest BCUT2D eigenvalue weighted by Crippen LogP contribution is -2.38. The van der Waals surface area contributed by atoms with E-state index in [0.717, 1.165) is 5.56 Å². The van der Waals surface area contributed by atoms with Crippen LogP contribution in [0.2, 0.25) is 0 Å². The Morgan fingerprint density at radius 1 is 1.43 bits per heavy atom. The van der Waals surface area contributed by atoms with Crippen LogP contribution in [0.5, 0.6) is 0 Å². The number of carbonyl (C=O) groups excluding carboxylic acids is 1. The van der Waals surface area contributed by atoms with Gasteiger partial charge in [-0.05, 0) is 18.6 Å². The number of rotatable bonds is 3. The standard InChI is InChI=1S/C16H16ClN3O3/c1-9-13(14(21)16(22)23-2)15(17)20-12(18-9)8-11(19-20)10-6-4-3-5-7-10/h3-8,11,14,19,21H,1-2H3. The molecule has 0 radical (unpaired) electrons. The van der Waals surface area contributed by atoms with Crippen molar-refractivity contribution in [3.05, 3.63) is 58.5 Å². The van der Waals surface area contributed by atoms with Crippen molar-refractivity contribution in [2.45, 2.75) is 19.1 Å². The molecule has 2 N–H and O–H groups in total. The summed E-state index contributed by atoms with van der Waals surface area (Å²) in [5.41, 5.74) is 4.97. The molecule has 2 heterocycles. The van der Waals surface area contributed by atoms with Gasteiger partial charge in [-0.3, -0.25) is 0 Å². The summed E-state index contributed by atoms with van der Waals surface area (Å²) in [5, 5.41) is 11.9. The number of aliphatic hydroxyl groups excluding tert-OH is 1. The zero-order valence-corrected chi connectivity index (χ0v) is 13.4. The van der Waals surface area contributed by atoms with E-state index in [1.54, 1.807) is 11.9 Å². The molecule has 0 saturated heterocycles. The lowest BCUT2D eigenvalue weighted by molar-refractivity contribution is -0.148. The van der Waals surface area contributed by atoms with Crippen molar-refractivity contribution < 1.29 is 14.6 Å². The summed E-state index contributed by atoms with van der Waals surface area (Å²) in [5.74, 6) is -0.152. The van der Waals surface area contributed by atoms with Crippen LogP contribution < -0.4 is 5.43 Å². The second-order valence-electron chi connectivity index (χ2n) is 5.21. The number of esters is 1. The predicted octanol–water partition coefficient (Wildman–Crippen LogP) is 1.85. The maximum Gasteiger partial charge on any atom is 0.339 e. The maximum absolute atomic E-state index is 11.6. The van der Waals surface area contributed by atoms with Crippen LogP contribution in [0.15, 0.2) is 58.0 Å². The molecule has 0 spiro atoms. The number of nitrogens with one attached hydrogen (secondary N) is 1. The number of aliphatic imine (C=N–C) groups is 1. The van der Waals surface area contributed by atoms with Crippen LogP contribution in [0.3, 0.4) is 0 Å². The van der Waals surface area contributed by atoms with Crippen molar-refractivity contribution in [3.63, 3.8) is 0 Å². The lowest BCUT2D eigenvalue weighted by Gasteiger charge is -2.28. The number of hydrazine groups is 1. The second kappa shape index (κ2) is 6.16. The number of benzene rings is 1. The van der Waals surface area contributed by atoms with Gasteiger partial charge in [0, 0.05) is 11.3 Å². The molecule has 23 heavy (non-hydrogen) atoms. The van der Waals surface area contributed by atoms with Gasteiger partial charge in [-0.15, -0.1) is 0 Å². The van der Waals surface area contributed by atoms with Crippen LogP contribution in [0, 0.1) is 0 Å². The number of aliphatic hydroxyl groups is 1. The molecular weight excluding hydrogens is 318 g/mol. The van der Waals surface area contributed by atoms with E-state index in [1.807, 2.05) is 36.4 Å². The summed E-state index contributed by atoms with van der Waals surface area (Å²) in [7, 11) is 1.21. The molecule has 1 aromatic rings. The third-order valence-corrected chi connectivity index (χ3v) is 4.13. The van der Waals surface area contributed by atoms with E-state index >= 15 is 0 Å². The molecule has 2 atom stereocenters. The van der Waals surface area contributed by atoms with Gasteiger partial charge < -0.3 is 9.84 Å². The monoisotopic (exact) mass is 333 g/mol. The molecule has 0 fully saturated rings. The summed E-state index contributed by atoms with van der Waals surface area (Å²) in [6.45, 7) is 1.69. The van der Waals surface area contributed by atoms with E-state index < -0.39 is 12.1 Å². The highest BCUT2D eigenvalue weighted by Gasteiger charge is 2.36. The van der Waals surface area contributed by atoms with Crippen molar-refractivity contribution in [1.82, 2.24) is 10.4 Å². The minimum atomic E-state index is -1.48. The van der Waals surface area contributed by atoms with Crippen molar-refractivity contribution in [2.75, 3.05) is 7.11 Å². The number of nitrogens with zero attached hydrogens (tertiary/aromatic N) is 2. The molecule has 2 aliphatic rings. The second-order valence-corrected chi connectivity index (χ2v) is 5.56. The average Bonchev–Trinajstić information content (AvgIpc) is 2.99. The van der Waals surface area contributed by atoms with Crippen molar-refractivity contribution in [2.24, 2.45) is 4.99 Å². The third-order valence-electron chi connectivity index (χ3n) is 3.76. The molecule has 0 aliphatic carbocycles. The Kier molecular flexibility index (Phi) is 4.21. The Hall–Kier alpha value is -2.15. The summed E-state index contributed by atoms with van der Waals surface area (Å²) in [6.07, 6.45) is 0.457. The van der Waals surface area contributed by atoms with Gasteiger partial charge >= 0.3 is 5.97 Å². The van der Waals surface area contributed by atoms with Crippen molar-refractivity contribution >= 4 is 23.3 Å². The van der Waals surface area contributed by atoms with Crippen LogP contribution in [-0.4, -0.2) is 35.0 Å². The van der Waals surface area contributed by atoms with E-state index in [0.29, 0.717) is 11.5 Å². The summed E-state index contributed by atoms with van der Waals surface area (Å²) >= 11 is 6.38. The van der Waals surface area contributed by atoms with Crippen LogP contribution in [0.25, 0.3) is 0 Å². The first-order valence-electron chi connectivity index (χ1n) is 7.07. The molecular formula is C16H16ClN3O3. The van der Waals surface area contributed by atoms with E-state index in [4.69, 9.17) is 11.6 Å². The maximum atomic E-state index is 11.6. The van der Waals surface area contributed by atoms with Crippen molar-refractivity contribution in [3.8, 4) is 0 Å². The average molecular weight is 334 g/mol. The van der Waals surface area contributed by atoms with Gasteiger partial charge in [0.15, 0.2) is 6.10 Å². The highest BCUT2D eigenvalue weighted by Crippen LogP contribution is 2.35. The zero-order chi connectivity index (χ0) is 16.6. The topological polar surface area (TPSA) is 74.2 Å². The van der Waals surface area contributed by atoms with Gasteiger partial charge in [0.1, 0.15) is 11.0 Å². The summed E-state index contributed by atoms with van der Waals surface area (Å²) in [6, 6.07) is 9.73. The molecule has 6 nitrogen and oxygen atoms in total. The molecule has 3 rings (SSSR count). The quantitative estimate of drug-likeness (QED) is 0.652. The van der Waals surface area contributed by atoms with E-state index in [1.165, 1.54) is 7.11 Å². The molecule has 0 saturated carbocycles. The number of carbonyl (C=O) groups is 1. The first-order chi connectivity index (χ1) is 11.0. The van der Waals surface area contributed by atoms with Crippen LogP contribution in [0.1, 0.15) is 18.5 Å². The predicted molar refractivity (Wildman–Crippen MR) is 86.3 cm³/mol. The van der Waals surface area contributed by atoms with Crippen LogP contribution in [-0.2, 0) is 9.53 Å². The van der Waals surface area contributed by atoms with Gasteiger partial charge in [0.05, 0.1) is 13.2 Å². The number of hydrogen-bond acceptors (Lipinski definition) is 6. The van der Waals surface area contributed by atoms with Gasteiger partial charge in [-0.1, -0.05) is 41.9 Å². The molecule has 0 bridgehead atoms. The number of methoxy groups -OCH3 is 1. The summed E-state index contributed by atoms with van der Waals surface area (Å²) in [4.78, 5) is 16.0. The molecule has 120 valence electrons. The number of halogens is 1. The number of fused-ring (bicyclic) bond motifs is 1. The number of ether oxygens (including phenoxy) is 1. The normalized spacial score (nSPS) is 21.6. The highest BCUT2D eigenvalue weighted by atomic mass is 35.5. The first-order valence-corrected chi connectivity index (χ1v) is 7.45. The highest BCUT2D eigenvalue weighted by molar-refractivity contribution is 6.33. The van der Waals surface area contributed by atoms with Gasteiger partial charge in [-0.2, -0.15) is 0 Å². The minimum absolute atomic E-state index is 0.0916. The fraction of sp³-hybridized carbons (Fsp3) is 0.250. The minimum Gasteiger partial charge on any atom is -0.467 e. The third kappa shape index (κ3) is 2.76. The van der Waals surface area contributed by atoms with E-state index in [2.05, 4.69) is 15.2 Å². The molecule has 0 amide bonds. The van der Waals surface area contributed by atoms with Gasteiger partial charge in [-0.25, -0.2) is 20.2 Å². The smallest absolute Gasteiger partial charge is 0.339 e. The fourth-order valence-corrected chi connectivity index (χ4v) is 2.96. The molecule has 0 aromatic heterocycles. The van der Waals surface area contributed by atoms with Crippen LogP contribution in [0.4, 0.5) is 0 Å². The molecule has 1 aromatic carbocycles. The first kappa shape index (κ1) is 15.7. The Bertz CT molecular complexity index is 727. The van der Waals surface area contributed by atoms with Crippen molar-refractivity contribution in [1.29, 1.82) is 0 Å². The molecule has 2 unspecified atom stereocenters. The fourth-order valence-electron chi connectivity index (χ4n) is 2.58. The Morgan fingerprint density at radius 2 is 2.13 bits per heavy atom. The Labute approximate surface area is 138 Å². The van der Waals surface area contributed by atoms with Gasteiger partial charge in [0.25, 0.3) is 0 Å². The van der Waals surface area contributed by atoms with Gasteiger partial charge in [0.2, 0.25) is 0 Å². The largest absolute Gasteiger partial charge is 0.467 e. The van der Waals surface area contributed by atoms with E-state index in [-0.39, 0.29) is 16.8 Å². The Balaban J connectivity index is 1.93. The zero-order valence-electron chi connectivity index (χ0n) is 12.7.